The summed E-state index contributed by atoms with van der Waals surface area (Å²) >= 11 is 12.4. The van der Waals surface area contributed by atoms with E-state index in [-0.39, 0.29) is 24.9 Å². The van der Waals surface area contributed by atoms with Gasteiger partial charge < -0.3 is 10.2 Å². The number of benzene rings is 3. The second-order valence-electron chi connectivity index (χ2n) is 9.93. The van der Waals surface area contributed by atoms with Gasteiger partial charge >= 0.3 is 10.2 Å². The van der Waals surface area contributed by atoms with Crippen LogP contribution in [0.5, 0.6) is 0 Å². The molecule has 2 amide bonds. The zero-order valence-corrected chi connectivity index (χ0v) is 26.0. The second kappa shape index (κ2) is 14.7. The molecule has 0 radical (unpaired) electrons. The third-order valence-corrected chi connectivity index (χ3v) is 9.23. The fraction of sp³-hybridized carbons (Fsp3) is 0.333. The number of rotatable bonds is 13. The Balaban J connectivity index is 2.10. The Bertz CT molecular complexity index is 1420. The number of anilines is 1. The molecule has 0 heterocycles. The van der Waals surface area contributed by atoms with Crippen LogP contribution in [0.4, 0.5) is 5.69 Å². The van der Waals surface area contributed by atoms with Crippen molar-refractivity contribution in [2.24, 2.45) is 0 Å². The molecule has 220 valence electrons. The first-order valence-corrected chi connectivity index (χ1v) is 15.4. The Labute approximate surface area is 253 Å². The van der Waals surface area contributed by atoms with Crippen molar-refractivity contribution in [3.05, 3.63) is 100 Å². The Morgan fingerprint density at radius 1 is 0.878 bits per heavy atom. The molecule has 0 saturated heterocycles. The van der Waals surface area contributed by atoms with Gasteiger partial charge in [-0.15, -0.1) is 0 Å². The van der Waals surface area contributed by atoms with Crippen LogP contribution in [-0.4, -0.2) is 62.2 Å². The van der Waals surface area contributed by atoms with Crippen LogP contribution in [0.15, 0.2) is 78.9 Å². The molecule has 2 atom stereocenters. The van der Waals surface area contributed by atoms with E-state index in [2.05, 4.69) is 5.32 Å². The van der Waals surface area contributed by atoms with E-state index in [0.717, 1.165) is 14.2 Å². The van der Waals surface area contributed by atoms with Crippen molar-refractivity contribution < 1.29 is 18.0 Å². The molecule has 3 aromatic rings. The molecule has 0 aliphatic rings. The van der Waals surface area contributed by atoms with Crippen molar-refractivity contribution >= 4 is 50.9 Å². The van der Waals surface area contributed by atoms with Crippen LogP contribution in [0.3, 0.4) is 0 Å². The van der Waals surface area contributed by atoms with E-state index in [1.165, 1.54) is 19.0 Å². The molecule has 3 aromatic carbocycles. The zero-order chi connectivity index (χ0) is 30.2. The monoisotopic (exact) mass is 618 g/mol. The van der Waals surface area contributed by atoms with Crippen LogP contribution in [0, 0.1) is 0 Å². The van der Waals surface area contributed by atoms with E-state index < -0.39 is 28.7 Å². The number of carbonyl (C=O) groups is 2. The van der Waals surface area contributed by atoms with Crippen molar-refractivity contribution in [3.8, 4) is 0 Å². The predicted molar refractivity (Wildman–Crippen MR) is 165 cm³/mol. The van der Waals surface area contributed by atoms with Crippen LogP contribution in [0.25, 0.3) is 0 Å². The Hall–Kier alpha value is -3.11. The molecule has 8 nitrogen and oxygen atoms in total. The van der Waals surface area contributed by atoms with Crippen molar-refractivity contribution in [2.45, 2.75) is 45.3 Å². The lowest BCUT2D eigenvalue weighted by Crippen LogP contribution is -2.55. The molecule has 0 aromatic heterocycles. The van der Waals surface area contributed by atoms with Gasteiger partial charge in [-0.1, -0.05) is 84.7 Å². The topological polar surface area (TPSA) is 90.0 Å². The van der Waals surface area contributed by atoms with Gasteiger partial charge in [0.1, 0.15) is 12.6 Å². The molecule has 0 unspecified atom stereocenters. The average molecular weight is 620 g/mol. The zero-order valence-electron chi connectivity index (χ0n) is 23.6. The lowest BCUT2D eigenvalue weighted by Gasteiger charge is -2.35. The van der Waals surface area contributed by atoms with Gasteiger partial charge in [0, 0.05) is 33.1 Å². The van der Waals surface area contributed by atoms with Gasteiger partial charge in [0.05, 0.1) is 15.7 Å². The average Bonchev–Trinajstić information content (AvgIpc) is 2.95. The highest BCUT2D eigenvalue weighted by atomic mass is 35.5. The number of para-hydroxylation sites is 1. The molecular formula is C30H36Cl2N4O4S. The fourth-order valence-corrected chi connectivity index (χ4v) is 5.52. The summed E-state index contributed by atoms with van der Waals surface area (Å²) in [5, 5.41) is 3.67. The summed E-state index contributed by atoms with van der Waals surface area (Å²) in [6.07, 6.45) is 0.926. The van der Waals surface area contributed by atoms with Gasteiger partial charge in [-0.3, -0.25) is 9.59 Å². The summed E-state index contributed by atoms with van der Waals surface area (Å²) in [5.74, 6) is -0.885. The summed E-state index contributed by atoms with van der Waals surface area (Å²) < 4.78 is 28.9. The minimum atomic E-state index is -4.05. The standard InChI is InChI=1S/C30H36Cl2N4O4S/c1-5-22(2)33-30(38)28(19-23-12-8-6-9-13-23)35(20-24-16-17-26(31)27(32)18-24)29(37)21-36(41(39,40)34(3)4)25-14-10-7-11-15-25/h6-18,22,28H,5,19-21H2,1-4H3,(H,33,38)/t22-,28-/m1/s1. The van der Waals surface area contributed by atoms with Crippen molar-refractivity contribution in [2.75, 3.05) is 24.9 Å². The third-order valence-electron chi connectivity index (χ3n) is 6.67. The molecule has 0 aliphatic heterocycles. The van der Waals surface area contributed by atoms with Gasteiger partial charge in [-0.2, -0.15) is 12.7 Å². The molecule has 41 heavy (non-hydrogen) atoms. The van der Waals surface area contributed by atoms with Gasteiger partial charge in [0.15, 0.2) is 0 Å². The maximum absolute atomic E-state index is 14.2. The van der Waals surface area contributed by atoms with Crippen molar-refractivity contribution in [1.82, 2.24) is 14.5 Å². The van der Waals surface area contributed by atoms with E-state index in [4.69, 9.17) is 23.2 Å². The number of hydrogen-bond donors (Lipinski definition) is 1. The van der Waals surface area contributed by atoms with Crippen LogP contribution in [-0.2, 0) is 32.8 Å². The number of carbonyl (C=O) groups excluding carboxylic acids is 2. The number of halogens is 2. The summed E-state index contributed by atoms with van der Waals surface area (Å²) in [6.45, 7) is 3.34. The number of hydrogen-bond acceptors (Lipinski definition) is 4. The van der Waals surface area contributed by atoms with Gasteiger partial charge in [0.25, 0.3) is 0 Å². The molecule has 0 saturated carbocycles. The molecular weight excluding hydrogens is 583 g/mol. The Morgan fingerprint density at radius 2 is 1.49 bits per heavy atom. The summed E-state index contributed by atoms with van der Waals surface area (Å²) in [6, 6.07) is 21.7. The largest absolute Gasteiger partial charge is 0.352 e. The quantitative estimate of drug-likeness (QED) is 0.286. The first-order chi connectivity index (χ1) is 19.4. The maximum Gasteiger partial charge on any atom is 0.304 e. The van der Waals surface area contributed by atoms with Gasteiger partial charge in [-0.05, 0) is 48.7 Å². The normalized spacial score (nSPS) is 13.0. The summed E-state index contributed by atoms with van der Waals surface area (Å²) in [5.41, 5.74) is 1.82. The first-order valence-electron chi connectivity index (χ1n) is 13.3. The highest BCUT2D eigenvalue weighted by Crippen LogP contribution is 2.25. The molecule has 0 fully saturated rings. The minimum Gasteiger partial charge on any atom is -0.352 e. The first kappa shape index (κ1) is 32.4. The predicted octanol–water partition coefficient (Wildman–Crippen LogP) is 5.16. The molecule has 11 heteroatoms. The number of nitrogens with one attached hydrogen (secondary N) is 1. The number of nitrogens with zero attached hydrogens (tertiary/aromatic N) is 3. The van der Waals surface area contributed by atoms with Gasteiger partial charge in [0.2, 0.25) is 11.8 Å². The molecule has 0 aliphatic carbocycles. The number of amides is 2. The molecule has 1 N–H and O–H groups in total. The smallest absolute Gasteiger partial charge is 0.304 e. The third kappa shape index (κ3) is 8.69. The SMILES string of the molecule is CC[C@@H](C)NC(=O)[C@@H](Cc1ccccc1)N(Cc1ccc(Cl)c(Cl)c1)C(=O)CN(c1ccccc1)S(=O)(=O)N(C)C. The lowest BCUT2D eigenvalue weighted by atomic mass is 10.0. The minimum absolute atomic E-state index is 0.00574. The lowest BCUT2D eigenvalue weighted by molar-refractivity contribution is -0.140. The van der Waals surface area contributed by atoms with Crippen LogP contribution < -0.4 is 9.62 Å². The Kier molecular flexibility index (Phi) is 11.6. The van der Waals surface area contributed by atoms with E-state index in [9.17, 15) is 18.0 Å². The maximum atomic E-state index is 14.2. The van der Waals surface area contributed by atoms with Crippen LogP contribution in [0.1, 0.15) is 31.4 Å². The fourth-order valence-electron chi connectivity index (χ4n) is 4.14. The van der Waals surface area contributed by atoms with E-state index >= 15 is 0 Å². The highest BCUT2D eigenvalue weighted by molar-refractivity contribution is 7.90. The highest BCUT2D eigenvalue weighted by Gasteiger charge is 2.35. The summed E-state index contributed by atoms with van der Waals surface area (Å²) in [7, 11) is -1.25. The molecule has 0 spiro atoms. The molecule has 3 rings (SSSR count). The van der Waals surface area contributed by atoms with Crippen LogP contribution in [0.2, 0.25) is 10.0 Å². The van der Waals surface area contributed by atoms with E-state index in [1.54, 1.807) is 48.5 Å². The summed E-state index contributed by atoms with van der Waals surface area (Å²) in [4.78, 5) is 29.4. The van der Waals surface area contributed by atoms with Crippen molar-refractivity contribution in [3.63, 3.8) is 0 Å². The van der Waals surface area contributed by atoms with E-state index in [1.807, 2.05) is 44.2 Å². The second-order valence-corrected chi connectivity index (χ2v) is 12.8. The molecule has 0 bridgehead atoms. The Morgan fingerprint density at radius 3 is 2.05 bits per heavy atom. The van der Waals surface area contributed by atoms with Gasteiger partial charge in [-0.25, -0.2) is 4.31 Å². The van der Waals surface area contributed by atoms with Crippen LogP contribution >= 0.6 is 23.2 Å². The van der Waals surface area contributed by atoms with E-state index in [0.29, 0.717) is 27.7 Å². The van der Waals surface area contributed by atoms with Crippen molar-refractivity contribution in [1.29, 1.82) is 0 Å².